The Morgan fingerprint density at radius 3 is 2.25 bits per heavy atom. The van der Waals surface area contributed by atoms with Crippen LogP contribution in [0, 0.1) is 5.92 Å². The first-order valence-corrected chi connectivity index (χ1v) is 8.05. The zero-order valence-electron chi connectivity index (χ0n) is 11.4. The summed E-state index contributed by atoms with van der Waals surface area (Å²) in [6.07, 6.45) is -4.15. The molecule has 0 aromatic rings. The Morgan fingerprint density at radius 1 is 1.25 bits per heavy atom. The van der Waals surface area contributed by atoms with Gasteiger partial charge in [0.2, 0.25) is 10.0 Å². The summed E-state index contributed by atoms with van der Waals surface area (Å²) in [5.74, 6) is 0.0371. The molecular weight excluding hydrogens is 317 g/mol. The van der Waals surface area contributed by atoms with Gasteiger partial charge in [0.15, 0.2) is 0 Å². The van der Waals surface area contributed by atoms with E-state index in [4.69, 9.17) is 0 Å². The van der Waals surface area contributed by atoms with Crippen LogP contribution in [0.4, 0.5) is 13.2 Å². The number of halogens is 4. The maximum absolute atomic E-state index is 12.0. The fraction of sp³-hybridized carbons (Fsp3) is 1.00. The van der Waals surface area contributed by atoms with Crippen molar-refractivity contribution in [1.82, 2.24) is 9.62 Å². The zero-order valence-corrected chi connectivity index (χ0v) is 13.1. The standard InChI is InChI=1S/C11H21F3N2O2S.ClH/c1-15-9-10-3-6-16(7-4-10)19(17,18)8-2-5-11(12,13)14;/h10,15H,2-9H2,1H3;1H. The average molecular weight is 339 g/mol. The number of hydrogen-bond donors (Lipinski definition) is 1. The van der Waals surface area contributed by atoms with E-state index in [1.54, 1.807) is 0 Å². The van der Waals surface area contributed by atoms with Crippen LogP contribution < -0.4 is 5.32 Å². The van der Waals surface area contributed by atoms with Crippen molar-refractivity contribution in [3.05, 3.63) is 0 Å². The van der Waals surface area contributed by atoms with Gasteiger partial charge in [0.05, 0.1) is 5.75 Å². The van der Waals surface area contributed by atoms with Crippen molar-refractivity contribution in [3.63, 3.8) is 0 Å². The van der Waals surface area contributed by atoms with Gasteiger partial charge in [-0.3, -0.25) is 0 Å². The minimum atomic E-state index is -4.28. The largest absolute Gasteiger partial charge is 0.389 e. The molecule has 0 atom stereocenters. The van der Waals surface area contributed by atoms with Crippen LogP contribution in [0.15, 0.2) is 0 Å². The van der Waals surface area contributed by atoms with E-state index in [0.29, 0.717) is 19.0 Å². The summed E-state index contributed by atoms with van der Waals surface area (Å²) >= 11 is 0. The third-order valence-electron chi connectivity index (χ3n) is 3.32. The van der Waals surface area contributed by atoms with Crippen molar-refractivity contribution in [2.24, 2.45) is 5.92 Å². The van der Waals surface area contributed by atoms with Crippen LogP contribution in [0.25, 0.3) is 0 Å². The van der Waals surface area contributed by atoms with E-state index in [1.165, 1.54) is 4.31 Å². The van der Waals surface area contributed by atoms with Crippen molar-refractivity contribution in [1.29, 1.82) is 0 Å². The first-order valence-electron chi connectivity index (χ1n) is 6.44. The van der Waals surface area contributed by atoms with Gasteiger partial charge >= 0.3 is 6.18 Å². The molecule has 1 aliphatic rings. The molecule has 1 rings (SSSR count). The second-order valence-electron chi connectivity index (χ2n) is 4.93. The van der Waals surface area contributed by atoms with Gasteiger partial charge in [-0.15, -0.1) is 12.4 Å². The first kappa shape index (κ1) is 19.9. The van der Waals surface area contributed by atoms with Gasteiger partial charge in [0.25, 0.3) is 0 Å². The van der Waals surface area contributed by atoms with E-state index in [0.717, 1.165) is 19.4 Å². The summed E-state index contributed by atoms with van der Waals surface area (Å²) < 4.78 is 61.1. The molecule has 1 heterocycles. The van der Waals surface area contributed by atoms with E-state index >= 15 is 0 Å². The predicted molar refractivity (Wildman–Crippen MR) is 74.5 cm³/mol. The molecule has 20 heavy (non-hydrogen) atoms. The van der Waals surface area contributed by atoms with Crippen LogP contribution in [-0.2, 0) is 10.0 Å². The van der Waals surface area contributed by atoms with Crippen LogP contribution in [0.3, 0.4) is 0 Å². The topological polar surface area (TPSA) is 49.4 Å². The van der Waals surface area contributed by atoms with Gasteiger partial charge in [0, 0.05) is 19.5 Å². The second-order valence-corrected chi connectivity index (χ2v) is 7.02. The SMILES string of the molecule is CNCC1CCN(S(=O)(=O)CCCC(F)(F)F)CC1.Cl. The molecule has 0 radical (unpaired) electrons. The monoisotopic (exact) mass is 338 g/mol. The minimum absolute atomic E-state index is 0. The van der Waals surface area contributed by atoms with Crippen LogP contribution in [0.2, 0.25) is 0 Å². The minimum Gasteiger partial charge on any atom is -0.319 e. The average Bonchev–Trinajstić information content (AvgIpc) is 2.28. The van der Waals surface area contributed by atoms with Gasteiger partial charge < -0.3 is 5.32 Å². The molecule has 0 saturated carbocycles. The summed E-state index contributed by atoms with van der Waals surface area (Å²) in [4.78, 5) is 0. The summed E-state index contributed by atoms with van der Waals surface area (Å²) in [7, 11) is -1.68. The summed E-state index contributed by atoms with van der Waals surface area (Å²) in [5, 5.41) is 3.05. The Hall–Kier alpha value is -0.0500. The number of sulfonamides is 1. The quantitative estimate of drug-likeness (QED) is 0.806. The maximum atomic E-state index is 12.0. The first-order chi connectivity index (χ1) is 8.74. The van der Waals surface area contributed by atoms with Gasteiger partial charge in [-0.05, 0) is 38.8 Å². The smallest absolute Gasteiger partial charge is 0.319 e. The molecule has 1 N–H and O–H groups in total. The normalized spacial score (nSPS) is 18.8. The van der Waals surface area contributed by atoms with Crippen molar-refractivity contribution < 1.29 is 21.6 Å². The lowest BCUT2D eigenvalue weighted by molar-refractivity contribution is -0.134. The molecule has 0 bridgehead atoms. The molecule has 0 aromatic heterocycles. The lowest BCUT2D eigenvalue weighted by atomic mass is 9.98. The van der Waals surface area contributed by atoms with E-state index < -0.39 is 28.4 Å². The number of nitrogens with one attached hydrogen (secondary N) is 1. The Morgan fingerprint density at radius 2 is 1.80 bits per heavy atom. The Kier molecular flexibility index (Phi) is 8.39. The molecule has 4 nitrogen and oxygen atoms in total. The van der Waals surface area contributed by atoms with Crippen LogP contribution in [0.1, 0.15) is 25.7 Å². The van der Waals surface area contributed by atoms with E-state index in [2.05, 4.69) is 5.32 Å². The molecule has 1 saturated heterocycles. The fourth-order valence-electron chi connectivity index (χ4n) is 2.26. The zero-order chi connectivity index (χ0) is 14.5. The summed E-state index contributed by atoms with van der Waals surface area (Å²) in [6.45, 7) is 1.68. The van der Waals surface area contributed by atoms with Gasteiger partial charge in [-0.25, -0.2) is 12.7 Å². The van der Waals surface area contributed by atoms with Crippen LogP contribution in [0.5, 0.6) is 0 Å². The molecule has 1 fully saturated rings. The van der Waals surface area contributed by atoms with Crippen molar-refractivity contribution >= 4 is 22.4 Å². The Bertz CT molecular complexity index is 368. The highest BCUT2D eigenvalue weighted by Crippen LogP contribution is 2.23. The van der Waals surface area contributed by atoms with Gasteiger partial charge in [-0.2, -0.15) is 13.2 Å². The molecular formula is C11H22ClF3N2O2S. The number of hydrogen-bond acceptors (Lipinski definition) is 3. The van der Waals surface area contributed by atoms with Crippen molar-refractivity contribution in [2.75, 3.05) is 32.4 Å². The lowest BCUT2D eigenvalue weighted by Crippen LogP contribution is -2.41. The molecule has 0 amide bonds. The van der Waals surface area contributed by atoms with Gasteiger partial charge in [-0.1, -0.05) is 0 Å². The molecule has 0 unspecified atom stereocenters. The Balaban J connectivity index is 0.00000361. The van der Waals surface area contributed by atoms with Crippen LogP contribution in [-0.4, -0.2) is 51.3 Å². The lowest BCUT2D eigenvalue weighted by Gasteiger charge is -2.31. The summed E-state index contributed by atoms with van der Waals surface area (Å²) in [6, 6.07) is 0. The van der Waals surface area contributed by atoms with Crippen LogP contribution >= 0.6 is 12.4 Å². The molecule has 122 valence electrons. The van der Waals surface area contributed by atoms with E-state index in [1.807, 2.05) is 7.05 Å². The second kappa shape index (κ2) is 8.41. The highest BCUT2D eigenvalue weighted by molar-refractivity contribution is 7.89. The number of nitrogens with zero attached hydrogens (tertiary/aromatic N) is 1. The van der Waals surface area contributed by atoms with Gasteiger partial charge in [0.1, 0.15) is 0 Å². The number of rotatable bonds is 6. The predicted octanol–water partition coefficient (Wildman–Crippen LogP) is 2.01. The third kappa shape index (κ3) is 7.10. The van der Waals surface area contributed by atoms with E-state index in [-0.39, 0.29) is 18.8 Å². The molecule has 1 aliphatic heterocycles. The Labute approximate surface area is 124 Å². The van der Waals surface area contributed by atoms with Crippen molar-refractivity contribution in [2.45, 2.75) is 31.9 Å². The number of alkyl halides is 3. The fourth-order valence-corrected chi connectivity index (χ4v) is 3.80. The molecule has 9 heteroatoms. The molecule has 0 aromatic carbocycles. The number of piperidine rings is 1. The summed E-state index contributed by atoms with van der Waals surface area (Å²) in [5.41, 5.74) is 0. The van der Waals surface area contributed by atoms with Crippen molar-refractivity contribution in [3.8, 4) is 0 Å². The highest BCUT2D eigenvalue weighted by atomic mass is 35.5. The molecule has 0 spiro atoms. The third-order valence-corrected chi connectivity index (χ3v) is 5.28. The maximum Gasteiger partial charge on any atom is 0.389 e. The highest BCUT2D eigenvalue weighted by Gasteiger charge is 2.30. The van der Waals surface area contributed by atoms with E-state index in [9.17, 15) is 21.6 Å². The molecule has 0 aliphatic carbocycles.